The molecule has 2 aromatic carbocycles. The van der Waals surface area contributed by atoms with E-state index in [4.69, 9.17) is 16.3 Å². The minimum Gasteiger partial charge on any atom is -0.462 e. The number of hydrogen-bond donors (Lipinski definition) is 2. The third-order valence-corrected chi connectivity index (χ3v) is 4.31. The third-order valence-electron chi connectivity index (χ3n) is 4.06. The number of benzene rings is 2. The van der Waals surface area contributed by atoms with Crippen molar-refractivity contribution in [3.8, 4) is 0 Å². The number of rotatable bonds is 5. The smallest absolute Gasteiger partial charge is 0.323 e. The van der Waals surface area contributed by atoms with Gasteiger partial charge in [0.15, 0.2) is 0 Å². The summed E-state index contributed by atoms with van der Waals surface area (Å²) in [5.41, 5.74) is 1.96. The fourth-order valence-corrected chi connectivity index (χ4v) is 2.81. The summed E-state index contributed by atoms with van der Waals surface area (Å²) in [6, 6.07) is 15.8. The molecular formula is C19H19ClN2O3. The van der Waals surface area contributed by atoms with Gasteiger partial charge >= 0.3 is 5.97 Å². The van der Waals surface area contributed by atoms with Gasteiger partial charge in [0.25, 0.3) is 0 Å². The lowest BCUT2D eigenvalue weighted by molar-refractivity contribution is -0.153. The number of halogens is 1. The Kier molecular flexibility index (Phi) is 5.68. The number of cyclic esters (lactones) is 1. The van der Waals surface area contributed by atoms with Crippen molar-refractivity contribution in [2.24, 2.45) is 0 Å². The Morgan fingerprint density at radius 1 is 1.12 bits per heavy atom. The molecule has 0 bridgehead atoms. The molecule has 2 atom stereocenters. The molecule has 1 aliphatic rings. The van der Waals surface area contributed by atoms with Crippen LogP contribution in [-0.2, 0) is 27.3 Å². The van der Waals surface area contributed by atoms with Crippen LogP contribution < -0.4 is 10.6 Å². The first-order chi connectivity index (χ1) is 12.1. The first kappa shape index (κ1) is 17.5. The number of morpholine rings is 1. The van der Waals surface area contributed by atoms with Gasteiger partial charge < -0.3 is 10.1 Å². The molecule has 1 heterocycles. The molecule has 2 aromatic rings. The molecule has 130 valence electrons. The summed E-state index contributed by atoms with van der Waals surface area (Å²) >= 11 is 5.87. The van der Waals surface area contributed by atoms with E-state index in [0.29, 0.717) is 18.0 Å². The number of ether oxygens (including phenoxy) is 1. The summed E-state index contributed by atoms with van der Waals surface area (Å²) in [7, 11) is 0. The van der Waals surface area contributed by atoms with Gasteiger partial charge in [0.2, 0.25) is 5.91 Å². The SMILES string of the molecule is O=C1OC[C@H](C(=O)NCc2ccccc2)N[C@H]1Cc1ccc(Cl)cc1. The average molecular weight is 359 g/mol. The maximum atomic E-state index is 12.3. The van der Waals surface area contributed by atoms with Gasteiger partial charge in [0.1, 0.15) is 18.7 Å². The largest absolute Gasteiger partial charge is 0.462 e. The molecule has 0 unspecified atom stereocenters. The van der Waals surface area contributed by atoms with Crippen LogP contribution in [-0.4, -0.2) is 30.6 Å². The number of nitrogens with one attached hydrogen (secondary N) is 2. The van der Waals surface area contributed by atoms with Crippen molar-refractivity contribution in [1.29, 1.82) is 0 Å². The second kappa shape index (κ2) is 8.14. The van der Waals surface area contributed by atoms with Crippen LogP contribution in [0, 0.1) is 0 Å². The van der Waals surface area contributed by atoms with Crippen LogP contribution in [0.5, 0.6) is 0 Å². The molecule has 0 saturated carbocycles. The van der Waals surface area contributed by atoms with E-state index in [1.165, 1.54) is 0 Å². The van der Waals surface area contributed by atoms with E-state index in [1.807, 2.05) is 42.5 Å². The first-order valence-corrected chi connectivity index (χ1v) is 8.48. The Morgan fingerprint density at radius 3 is 2.56 bits per heavy atom. The van der Waals surface area contributed by atoms with Gasteiger partial charge in [0.05, 0.1) is 0 Å². The highest BCUT2D eigenvalue weighted by Crippen LogP contribution is 2.13. The molecule has 5 nitrogen and oxygen atoms in total. The van der Waals surface area contributed by atoms with Crippen molar-refractivity contribution in [3.63, 3.8) is 0 Å². The fourth-order valence-electron chi connectivity index (χ4n) is 2.68. The van der Waals surface area contributed by atoms with Crippen LogP contribution in [0.3, 0.4) is 0 Å². The number of carbonyl (C=O) groups is 2. The average Bonchev–Trinajstić information content (AvgIpc) is 2.64. The van der Waals surface area contributed by atoms with E-state index in [9.17, 15) is 9.59 Å². The van der Waals surface area contributed by atoms with Crippen LogP contribution in [0.25, 0.3) is 0 Å². The Morgan fingerprint density at radius 2 is 1.84 bits per heavy atom. The third kappa shape index (κ3) is 4.81. The lowest BCUT2D eigenvalue weighted by Gasteiger charge is -2.29. The Bertz CT molecular complexity index is 734. The molecule has 0 aliphatic carbocycles. The predicted molar refractivity (Wildman–Crippen MR) is 95.1 cm³/mol. The normalized spacial score (nSPS) is 20.0. The molecule has 0 radical (unpaired) electrons. The summed E-state index contributed by atoms with van der Waals surface area (Å²) < 4.78 is 5.18. The van der Waals surface area contributed by atoms with Crippen molar-refractivity contribution >= 4 is 23.5 Å². The van der Waals surface area contributed by atoms with Crippen molar-refractivity contribution < 1.29 is 14.3 Å². The van der Waals surface area contributed by atoms with Crippen molar-refractivity contribution in [2.45, 2.75) is 25.0 Å². The predicted octanol–water partition coefficient (Wildman–Crippen LogP) is 2.08. The highest BCUT2D eigenvalue weighted by Gasteiger charge is 2.33. The summed E-state index contributed by atoms with van der Waals surface area (Å²) in [5, 5.41) is 6.59. The Labute approximate surface area is 151 Å². The Balaban J connectivity index is 1.56. The molecule has 2 N–H and O–H groups in total. The summed E-state index contributed by atoms with van der Waals surface area (Å²) in [5.74, 6) is -0.528. The summed E-state index contributed by atoms with van der Waals surface area (Å²) in [6.07, 6.45) is 0.443. The molecule has 6 heteroatoms. The topological polar surface area (TPSA) is 67.4 Å². The maximum Gasteiger partial charge on any atom is 0.323 e. The van der Waals surface area contributed by atoms with Crippen LogP contribution in [0.15, 0.2) is 54.6 Å². The van der Waals surface area contributed by atoms with Gasteiger partial charge in [-0.2, -0.15) is 0 Å². The van der Waals surface area contributed by atoms with E-state index in [0.717, 1.165) is 11.1 Å². The van der Waals surface area contributed by atoms with Crippen molar-refractivity contribution in [1.82, 2.24) is 10.6 Å². The minimum absolute atomic E-state index is 0.0383. The van der Waals surface area contributed by atoms with Crippen LogP contribution in [0.4, 0.5) is 0 Å². The second-order valence-corrected chi connectivity index (χ2v) is 6.37. The standard InChI is InChI=1S/C19H19ClN2O3/c20-15-8-6-13(7-9-15)10-16-19(24)25-12-17(22-16)18(23)21-11-14-4-2-1-3-5-14/h1-9,16-17,22H,10-12H2,(H,21,23)/t16-,17+/m0/s1. The van der Waals surface area contributed by atoms with Gasteiger partial charge in [-0.25, -0.2) is 0 Å². The molecule has 1 saturated heterocycles. The number of carbonyl (C=O) groups excluding carboxylic acids is 2. The zero-order valence-corrected chi connectivity index (χ0v) is 14.3. The summed E-state index contributed by atoms with van der Waals surface area (Å²) in [6.45, 7) is 0.476. The minimum atomic E-state index is -0.557. The van der Waals surface area contributed by atoms with E-state index in [1.54, 1.807) is 12.1 Å². The zero-order chi connectivity index (χ0) is 17.6. The fraction of sp³-hybridized carbons (Fsp3) is 0.263. The van der Waals surface area contributed by atoms with Gasteiger partial charge in [-0.05, 0) is 29.7 Å². The van der Waals surface area contributed by atoms with Crippen molar-refractivity contribution in [3.05, 3.63) is 70.7 Å². The molecule has 1 fully saturated rings. The van der Waals surface area contributed by atoms with E-state index in [-0.39, 0.29) is 18.5 Å². The molecule has 1 aliphatic heterocycles. The van der Waals surface area contributed by atoms with Gasteiger partial charge in [0, 0.05) is 11.6 Å². The number of esters is 1. The summed E-state index contributed by atoms with van der Waals surface area (Å²) in [4.78, 5) is 24.3. The van der Waals surface area contributed by atoms with Gasteiger partial charge in [-0.1, -0.05) is 54.1 Å². The molecule has 25 heavy (non-hydrogen) atoms. The van der Waals surface area contributed by atoms with Gasteiger partial charge in [-0.15, -0.1) is 0 Å². The molecule has 1 amide bonds. The van der Waals surface area contributed by atoms with E-state index in [2.05, 4.69) is 10.6 Å². The Hall–Kier alpha value is -2.37. The van der Waals surface area contributed by atoms with E-state index < -0.39 is 12.1 Å². The molecular weight excluding hydrogens is 340 g/mol. The highest BCUT2D eigenvalue weighted by atomic mass is 35.5. The van der Waals surface area contributed by atoms with Crippen LogP contribution >= 0.6 is 11.6 Å². The second-order valence-electron chi connectivity index (χ2n) is 5.94. The lowest BCUT2D eigenvalue weighted by Crippen LogP contribution is -2.58. The maximum absolute atomic E-state index is 12.3. The van der Waals surface area contributed by atoms with Crippen molar-refractivity contribution in [2.75, 3.05) is 6.61 Å². The highest BCUT2D eigenvalue weighted by molar-refractivity contribution is 6.30. The molecule has 0 spiro atoms. The number of hydrogen-bond acceptors (Lipinski definition) is 4. The van der Waals surface area contributed by atoms with E-state index >= 15 is 0 Å². The first-order valence-electron chi connectivity index (χ1n) is 8.10. The number of amides is 1. The quantitative estimate of drug-likeness (QED) is 0.803. The zero-order valence-electron chi connectivity index (χ0n) is 13.6. The molecule has 0 aromatic heterocycles. The monoisotopic (exact) mass is 358 g/mol. The van der Waals surface area contributed by atoms with Crippen LogP contribution in [0.1, 0.15) is 11.1 Å². The van der Waals surface area contributed by atoms with Crippen LogP contribution in [0.2, 0.25) is 5.02 Å². The van der Waals surface area contributed by atoms with Gasteiger partial charge in [-0.3, -0.25) is 14.9 Å². The lowest BCUT2D eigenvalue weighted by atomic mass is 10.0. The molecule has 3 rings (SSSR count).